The van der Waals surface area contributed by atoms with E-state index in [9.17, 15) is 4.79 Å². The predicted molar refractivity (Wildman–Crippen MR) is 60.1 cm³/mol. The summed E-state index contributed by atoms with van der Waals surface area (Å²) in [5, 5.41) is 0.465. The minimum absolute atomic E-state index is 0.00721. The molecule has 0 rings (SSSR count). The van der Waals surface area contributed by atoms with Crippen molar-refractivity contribution in [2.75, 3.05) is 13.6 Å². The highest BCUT2D eigenvalue weighted by Crippen LogP contribution is 2.08. The summed E-state index contributed by atoms with van der Waals surface area (Å²) in [4.78, 5) is 12.7. The quantitative estimate of drug-likeness (QED) is 0.515. The van der Waals surface area contributed by atoms with Crippen molar-refractivity contribution in [1.82, 2.24) is 4.90 Å². The van der Waals surface area contributed by atoms with Gasteiger partial charge in [0.2, 0.25) is 5.91 Å². The highest BCUT2D eigenvalue weighted by Gasteiger charge is 2.04. The van der Waals surface area contributed by atoms with E-state index in [2.05, 4.69) is 26.1 Å². The highest BCUT2D eigenvalue weighted by atomic mass is 32.1. The number of hydrogen-bond donors (Lipinski definition) is 1. The molecule has 3 heteroatoms. The average Bonchev–Trinajstić information content (AvgIpc) is 2.15. The summed E-state index contributed by atoms with van der Waals surface area (Å²) in [6.45, 7) is 6.35. The molecule has 2 nitrogen and oxygen atoms in total. The summed E-state index contributed by atoms with van der Waals surface area (Å²) in [6, 6.07) is 0. The number of amides is 1. The number of rotatable bonds is 6. The van der Waals surface area contributed by atoms with E-state index in [1.165, 1.54) is 6.08 Å². The van der Waals surface area contributed by atoms with E-state index in [1.54, 1.807) is 11.9 Å². The Bertz CT molecular complexity index is 170. The van der Waals surface area contributed by atoms with Crippen molar-refractivity contribution in [1.29, 1.82) is 0 Å². The van der Waals surface area contributed by atoms with Crippen LogP contribution >= 0.6 is 12.6 Å². The van der Waals surface area contributed by atoms with Gasteiger partial charge in [0.25, 0.3) is 0 Å². The Morgan fingerprint density at radius 1 is 1.69 bits per heavy atom. The fraction of sp³-hybridized carbons (Fsp3) is 0.700. The van der Waals surface area contributed by atoms with Crippen LogP contribution in [0.5, 0.6) is 0 Å². The second-order valence-electron chi connectivity index (χ2n) is 3.17. The van der Waals surface area contributed by atoms with E-state index in [0.29, 0.717) is 5.25 Å². The summed E-state index contributed by atoms with van der Waals surface area (Å²) in [5.74, 6) is -0.00721. The summed E-state index contributed by atoms with van der Waals surface area (Å²) >= 11 is 4.38. The largest absolute Gasteiger partial charge is 0.342 e. The average molecular weight is 201 g/mol. The molecule has 0 aliphatic heterocycles. The van der Waals surface area contributed by atoms with E-state index >= 15 is 0 Å². The Morgan fingerprint density at radius 2 is 2.31 bits per heavy atom. The summed E-state index contributed by atoms with van der Waals surface area (Å²) in [6.07, 6.45) is 4.51. The first kappa shape index (κ1) is 12.6. The van der Waals surface area contributed by atoms with Crippen molar-refractivity contribution in [2.45, 2.75) is 31.4 Å². The number of carbonyl (C=O) groups excluding carboxylic acids is 1. The third-order valence-corrected chi connectivity index (χ3v) is 2.68. The zero-order valence-electron chi connectivity index (χ0n) is 8.49. The molecular formula is C10H19NOS. The number of thiol groups is 1. The van der Waals surface area contributed by atoms with E-state index in [-0.39, 0.29) is 5.91 Å². The fourth-order valence-electron chi connectivity index (χ4n) is 1.03. The lowest BCUT2D eigenvalue weighted by molar-refractivity contribution is -0.124. The van der Waals surface area contributed by atoms with Gasteiger partial charge in [-0.25, -0.2) is 0 Å². The summed E-state index contributed by atoms with van der Waals surface area (Å²) < 4.78 is 0. The monoisotopic (exact) mass is 201 g/mol. The van der Waals surface area contributed by atoms with E-state index in [0.717, 1.165) is 25.8 Å². The molecule has 0 N–H and O–H groups in total. The first-order valence-electron chi connectivity index (χ1n) is 4.67. The van der Waals surface area contributed by atoms with Gasteiger partial charge in [0.15, 0.2) is 0 Å². The topological polar surface area (TPSA) is 20.3 Å². The van der Waals surface area contributed by atoms with Gasteiger partial charge in [0.05, 0.1) is 0 Å². The standard InChI is InChI=1S/C10H19NOS/c1-4-9(13)7-6-8-11(3)10(12)5-2/h5,9,13H,2,4,6-8H2,1,3H3. The first-order valence-corrected chi connectivity index (χ1v) is 5.19. The molecule has 76 valence electrons. The van der Waals surface area contributed by atoms with Crippen molar-refractivity contribution in [3.8, 4) is 0 Å². The van der Waals surface area contributed by atoms with Crippen molar-refractivity contribution < 1.29 is 4.79 Å². The molecular weight excluding hydrogens is 182 g/mol. The van der Waals surface area contributed by atoms with Gasteiger partial charge in [-0.3, -0.25) is 4.79 Å². The number of carbonyl (C=O) groups is 1. The highest BCUT2D eigenvalue weighted by molar-refractivity contribution is 7.80. The van der Waals surface area contributed by atoms with Crippen LogP contribution < -0.4 is 0 Å². The van der Waals surface area contributed by atoms with E-state index < -0.39 is 0 Å². The number of likely N-dealkylation sites (N-methyl/N-ethyl adjacent to an activating group) is 1. The van der Waals surface area contributed by atoms with Gasteiger partial charge in [-0.15, -0.1) is 0 Å². The van der Waals surface area contributed by atoms with Crippen LogP contribution in [-0.2, 0) is 4.79 Å². The minimum atomic E-state index is -0.00721. The van der Waals surface area contributed by atoms with Crippen molar-refractivity contribution in [3.63, 3.8) is 0 Å². The Kier molecular flexibility index (Phi) is 6.77. The lowest BCUT2D eigenvalue weighted by atomic mass is 10.2. The Balaban J connectivity index is 3.52. The second kappa shape index (κ2) is 7.01. The lowest BCUT2D eigenvalue weighted by Crippen LogP contribution is -2.26. The molecule has 1 unspecified atom stereocenters. The molecule has 0 aliphatic carbocycles. The molecule has 0 heterocycles. The van der Waals surface area contributed by atoms with E-state index in [4.69, 9.17) is 0 Å². The van der Waals surface area contributed by atoms with Gasteiger partial charge < -0.3 is 4.90 Å². The molecule has 0 bridgehead atoms. The van der Waals surface area contributed by atoms with Gasteiger partial charge in [0.1, 0.15) is 0 Å². The lowest BCUT2D eigenvalue weighted by Gasteiger charge is -2.15. The molecule has 1 atom stereocenters. The Labute approximate surface area is 86.4 Å². The molecule has 0 saturated carbocycles. The molecule has 0 aromatic rings. The third kappa shape index (κ3) is 5.75. The van der Waals surface area contributed by atoms with Crippen LogP contribution in [0.1, 0.15) is 26.2 Å². The maximum Gasteiger partial charge on any atom is 0.245 e. The molecule has 0 aromatic carbocycles. The van der Waals surface area contributed by atoms with E-state index in [1.807, 2.05) is 0 Å². The normalized spacial score (nSPS) is 12.2. The summed E-state index contributed by atoms with van der Waals surface area (Å²) in [5.41, 5.74) is 0. The number of nitrogens with zero attached hydrogens (tertiary/aromatic N) is 1. The zero-order valence-corrected chi connectivity index (χ0v) is 9.39. The molecule has 0 aliphatic rings. The molecule has 0 radical (unpaired) electrons. The van der Waals surface area contributed by atoms with Crippen LogP contribution in [-0.4, -0.2) is 29.6 Å². The Morgan fingerprint density at radius 3 is 2.77 bits per heavy atom. The fourth-order valence-corrected chi connectivity index (χ4v) is 1.22. The Hall–Kier alpha value is -0.440. The second-order valence-corrected chi connectivity index (χ2v) is 3.90. The smallest absolute Gasteiger partial charge is 0.245 e. The van der Waals surface area contributed by atoms with Crippen LogP contribution in [0.4, 0.5) is 0 Å². The molecule has 0 saturated heterocycles. The number of hydrogen-bond acceptors (Lipinski definition) is 2. The predicted octanol–water partition coefficient (Wildman–Crippen LogP) is 2.12. The first-order chi connectivity index (χ1) is 6.11. The molecule has 0 aromatic heterocycles. The van der Waals surface area contributed by atoms with Crippen LogP contribution in [0.15, 0.2) is 12.7 Å². The SMILES string of the molecule is C=CC(=O)N(C)CCCC(S)CC. The zero-order chi connectivity index (χ0) is 10.3. The van der Waals surface area contributed by atoms with Gasteiger partial charge in [-0.05, 0) is 25.3 Å². The summed E-state index contributed by atoms with van der Waals surface area (Å²) in [7, 11) is 1.80. The molecule has 0 fully saturated rings. The molecule has 0 spiro atoms. The van der Waals surface area contributed by atoms with Gasteiger partial charge in [-0.1, -0.05) is 13.5 Å². The molecule has 13 heavy (non-hydrogen) atoms. The third-order valence-electron chi connectivity index (χ3n) is 2.05. The maximum absolute atomic E-state index is 11.0. The van der Waals surface area contributed by atoms with Crippen LogP contribution in [0.2, 0.25) is 0 Å². The van der Waals surface area contributed by atoms with Gasteiger partial charge in [-0.2, -0.15) is 12.6 Å². The minimum Gasteiger partial charge on any atom is -0.342 e. The maximum atomic E-state index is 11.0. The van der Waals surface area contributed by atoms with Crippen molar-refractivity contribution >= 4 is 18.5 Å². The van der Waals surface area contributed by atoms with Crippen LogP contribution in [0.3, 0.4) is 0 Å². The molecule has 1 amide bonds. The van der Waals surface area contributed by atoms with Crippen molar-refractivity contribution in [2.24, 2.45) is 0 Å². The van der Waals surface area contributed by atoms with Crippen molar-refractivity contribution in [3.05, 3.63) is 12.7 Å². The van der Waals surface area contributed by atoms with Gasteiger partial charge >= 0.3 is 0 Å². The van der Waals surface area contributed by atoms with Gasteiger partial charge in [0, 0.05) is 18.8 Å². The van der Waals surface area contributed by atoms with Crippen LogP contribution in [0.25, 0.3) is 0 Å². The van der Waals surface area contributed by atoms with Crippen LogP contribution in [0, 0.1) is 0 Å².